The first-order chi connectivity index (χ1) is 15.3. The molecule has 0 aromatic rings. The van der Waals surface area contributed by atoms with Crippen LogP contribution in [0.15, 0.2) is 25.3 Å². The number of carboxylic acids is 2. The fraction of sp³-hybridized carbons (Fsp3) is 0.760. The second kappa shape index (κ2) is 35.5. The van der Waals surface area contributed by atoms with Crippen molar-refractivity contribution in [3.05, 3.63) is 25.3 Å². The van der Waals surface area contributed by atoms with Gasteiger partial charge in [-0.15, -0.1) is 13.2 Å². The van der Waals surface area contributed by atoms with E-state index in [0.29, 0.717) is 0 Å². The number of aliphatic hydroxyl groups is 3. The molecule has 0 aliphatic carbocycles. The maximum absolute atomic E-state index is 10.1. The summed E-state index contributed by atoms with van der Waals surface area (Å²) < 4.78 is 0. The van der Waals surface area contributed by atoms with Crippen LogP contribution in [0.2, 0.25) is 0 Å². The summed E-state index contributed by atoms with van der Waals surface area (Å²) >= 11 is 0. The Morgan fingerprint density at radius 2 is 0.909 bits per heavy atom. The van der Waals surface area contributed by atoms with Crippen molar-refractivity contribution < 1.29 is 54.6 Å². The molecule has 0 heterocycles. The Morgan fingerprint density at radius 1 is 0.636 bits per heavy atom. The molecule has 0 aliphatic rings. The summed E-state index contributed by atoms with van der Waals surface area (Å²) in [6.07, 6.45) is 18.7. The van der Waals surface area contributed by atoms with E-state index in [1.165, 1.54) is 38.5 Å². The Labute approximate surface area is 213 Å². The van der Waals surface area contributed by atoms with Crippen molar-refractivity contribution in [3.8, 4) is 0 Å². The van der Waals surface area contributed by atoms with Gasteiger partial charge in [0.2, 0.25) is 0 Å². The van der Waals surface area contributed by atoms with E-state index < -0.39 is 18.0 Å². The molecular formula is C25H46O7Zn. The average Bonchev–Trinajstić information content (AvgIpc) is 2.77. The van der Waals surface area contributed by atoms with E-state index in [-0.39, 0.29) is 45.5 Å². The molecule has 0 spiro atoms. The van der Waals surface area contributed by atoms with Crippen molar-refractivity contribution >= 4 is 11.9 Å². The maximum Gasteiger partial charge on any atom is 2.00 e. The SMILES string of the molecule is C=CCCCCCCCCC(=O)[O-].C=CCCCCCCCCC(=O)[O-].OCC(O)CO.[Zn+2]. The van der Waals surface area contributed by atoms with Crippen molar-refractivity contribution in [2.75, 3.05) is 13.2 Å². The van der Waals surface area contributed by atoms with Crippen LogP contribution in [0, 0.1) is 0 Å². The van der Waals surface area contributed by atoms with E-state index in [4.69, 9.17) is 15.3 Å². The van der Waals surface area contributed by atoms with Gasteiger partial charge in [-0.3, -0.25) is 0 Å². The zero-order valence-electron chi connectivity index (χ0n) is 20.6. The molecule has 33 heavy (non-hydrogen) atoms. The van der Waals surface area contributed by atoms with Crippen molar-refractivity contribution in [1.29, 1.82) is 0 Å². The Balaban J connectivity index is -0.000000201. The molecule has 0 atom stereocenters. The number of aliphatic carboxylic acids is 2. The third-order valence-corrected chi connectivity index (χ3v) is 4.50. The van der Waals surface area contributed by atoms with Gasteiger partial charge in [-0.05, 0) is 51.4 Å². The van der Waals surface area contributed by atoms with E-state index in [0.717, 1.165) is 51.4 Å². The zero-order chi connectivity index (χ0) is 24.9. The fourth-order valence-corrected chi connectivity index (χ4v) is 2.59. The Morgan fingerprint density at radius 3 is 1.12 bits per heavy atom. The monoisotopic (exact) mass is 522 g/mol. The summed E-state index contributed by atoms with van der Waals surface area (Å²) in [6.45, 7) is 6.58. The number of hydrogen-bond donors (Lipinski definition) is 3. The van der Waals surface area contributed by atoms with Crippen molar-refractivity contribution in [2.24, 2.45) is 0 Å². The smallest absolute Gasteiger partial charge is 0.550 e. The number of carbonyl (C=O) groups excluding carboxylic acids is 2. The second-order valence-electron chi connectivity index (χ2n) is 7.66. The zero-order valence-corrected chi connectivity index (χ0v) is 23.5. The largest absolute Gasteiger partial charge is 2.00 e. The van der Waals surface area contributed by atoms with E-state index >= 15 is 0 Å². The van der Waals surface area contributed by atoms with Crippen LogP contribution in [-0.2, 0) is 29.1 Å². The number of carboxylic acid groups (broad SMARTS) is 2. The quantitative estimate of drug-likeness (QED) is 0.126. The van der Waals surface area contributed by atoms with Gasteiger partial charge < -0.3 is 35.1 Å². The summed E-state index contributed by atoms with van der Waals surface area (Å²) in [5.74, 6) is -1.85. The third kappa shape index (κ3) is 49.2. The van der Waals surface area contributed by atoms with Gasteiger partial charge in [-0.1, -0.05) is 63.5 Å². The number of aliphatic hydroxyl groups excluding tert-OH is 3. The first-order valence-corrected chi connectivity index (χ1v) is 11.9. The number of hydrogen-bond acceptors (Lipinski definition) is 7. The van der Waals surface area contributed by atoms with Gasteiger partial charge in [0.05, 0.1) is 13.2 Å². The summed E-state index contributed by atoms with van der Waals surface area (Å²) in [6, 6.07) is 0. The summed E-state index contributed by atoms with van der Waals surface area (Å²) in [5, 5.41) is 44.1. The Bertz CT molecular complexity index is 393. The summed E-state index contributed by atoms with van der Waals surface area (Å²) in [5.41, 5.74) is 0. The molecule has 0 aliphatic heterocycles. The van der Waals surface area contributed by atoms with Crippen LogP contribution in [0.1, 0.15) is 103 Å². The topological polar surface area (TPSA) is 141 Å². The van der Waals surface area contributed by atoms with Crippen LogP contribution >= 0.6 is 0 Å². The number of allylic oxidation sites excluding steroid dienone is 2. The predicted molar refractivity (Wildman–Crippen MR) is 124 cm³/mol. The maximum atomic E-state index is 10.1. The Kier molecular flexibility index (Phi) is 42.1. The normalized spacial score (nSPS) is 9.58. The molecule has 0 saturated carbocycles. The molecule has 8 heteroatoms. The van der Waals surface area contributed by atoms with Crippen LogP contribution in [-0.4, -0.2) is 46.6 Å². The van der Waals surface area contributed by atoms with E-state index in [2.05, 4.69) is 13.2 Å². The molecule has 7 nitrogen and oxygen atoms in total. The molecule has 0 rings (SSSR count). The minimum Gasteiger partial charge on any atom is -0.550 e. The van der Waals surface area contributed by atoms with Crippen LogP contribution < -0.4 is 10.2 Å². The Hall–Kier alpha value is -1.08. The van der Waals surface area contributed by atoms with Crippen LogP contribution in [0.4, 0.5) is 0 Å². The first-order valence-electron chi connectivity index (χ1n) is 11.9. The van der Waals surface area contributed by atoms with Crippen molar-refractivity contribution in [3.63, 3.8) is 0 Å². The van der Waals surface area contributed by atoms with Gasteiger partial charge >= 0.3 is 19.5 Å². The fourth-order valence-electron chi connectivity index (χ4n) is 2.59. The average molecular weight is 524 g/mol. The molecule has 0 fully saturated rings. The van der Waals surface area contributed by atoms with Crippen LogP contribution in [0.25, 0.3) is 0 Å². The molecular weight excluding hydrogens is 478 g/mol. The van der Waals surface area contributed by atoms with Gasteiger partial charge in [0.1, 0.15) is 6.10 Å². The molecule has 0 saturated heterocycles. The number of carbonyl (C=O) groups is 2. The molecule has 0 radical (unpaired) electrons. The minimum atomic E-state index is -0.954. The predicted octanol–water partition coefficient (Wildman–Crippen LogP) is 2.42. The van der Waals surface area contributed by atoms with E-state index in [9.17, 15) is 19.8 Å². The first kappa shape index (κ1) is 39.2. The van der Waals surface area contributed by atoms with E-state index in [1.54, 1.807) is 0 Å². The molecule has 3 N–H and O–H groups in total. The second-order valence-corrected chi connectivity index (χ2v) is 7.66. The minimum absolute atomic E-state index is 0. The molecule has 0 aromatic heterocycles. The molecule has 190 valence electrons. The van der Waals surface area contributed by atoms with Crippen LogP contribution in [0.3, 0.4) is 0 Å². The third-order valence-electron chi connectivity index (χ3n) is 4.50. The number of rotatable bonds is 20. The van der Waals surface area contributed by atoms with Gasteiger partial charge in [0.25, 0.3) is 0 Å². The van der Waals surface area contributed by atoms with Gasteiger partial charge in [0, 0.05) is 11.9 Å². The van der Waals surface area contributed by atoms with Crippen molar-refractivity contribution in [2.45, 2.75) is 109 Å². The summed E-state index contributed by atoms with van der Waals surface area (Å²) in [4.78, 5) is 20.1. The van der Waals surface area contributed by atoms with E-state index in [1.807, 2.05) is 12.2 Å². The molecule has 0 unspecified atom stereocenters. The van der Waals surface area contributed by atoms with Crippen LogP contribution in [0.5, 0.6) is 0 Å². The molecule has 0 bridgehead atoms. The number of unbranched alkanes of at least 4 members (excludes halogenated alkanes) is 12. The summed E-state index contributed by atoms with van der Waals surface area (Å²) in [7, 11) is 0. The van der Waals surface area contributed by atoms with Crippen molar-refractivity contribution in [1.82, 2.24) is 0 Å². The molecule has 0 aromatic carbocycles. The van der Waals surface area contributed by atoms with Gasteiger partial charge in [-0.25, -0.2) is 0 Å². The molecule has 0 amide bonds. The van der Waals surface area contributed by atoms with Gasteiger partial charge in [-0.2, -0.15) is 0 Å². The standard InChI is InChI=1S/2C11H20O2.C3H8O3.Zn/c2*1-2-3-4-5-6-7-8-9-10-11(12)13;4-1-3(6)2-5;/h2*2H,1,3-10H2,(H,12,13);3-6H,1-2H2;/q;;;+2/p-2. The van der Waals surface area contributed by atoms with Gasteiger partial charge in [0.15, 0.2) is 0 Å².